The van der Waals surface area contributed by atoms with Gasteiger partial charge in [0.05, 0.1) is 29.7 Å². The van der Waals surface area contributed by atoms with Gasteiger partial charge in [0, 0.05) is 12.6 Å². The van der Waals surface area contributed by atoms with Gasteiger partial charge in [0.25, 0.3) is 0 Å². The first kappa shape index (κ1) is 25.0. The summed E-state index contributed by atoms with van der Waals surface area (Å²) in [6.45, 7) is 0. The Morgan fingerprint density at radius 1 is 1.32 bits per heavy atom. The lowest BCUT2D eigenvalue weighted by Crippen LogP contribution is -2.56. The molecule has 0 aliphatic carbocycles. The number of hydrogen-bond donors (Lipinski definition) is 8. The number of nitrogens with two attached hydrogens (primary N) is 1. The molecule has 184 valence electrons. The lowest BCUT2D eigenvalue weighted by molar-refractivity contribution is -0.149. The average Bonchev–Trinajstić information content (AvgIpc) is 3.31. The zero-order valence-corrected chi connectivity index (χ0v) is 17.4. The number of carboxylic acid groups (broad SMARTS) is 1. The van der Waals surface area contributed by atoms with Gasteiger partial charge in [-0.05, 0) is 12.1 Å². The fourth-order valence-corrected chi connectivity index (χ4v) is 3.48. The number of pyridine rings is 1. The number of aldehydes is 1. The van der Waals surface area contributed by atoms with Crippen molar-refractivity contribution in [1.82, 2.24) is 19.9 Å². The minimum absolute atomic E-state index is 0.114. The summed E-state index contributed by atoms with van der Waals surface area (Å²) in [5.74, 6) is -2.78. The molecule has 0 spiro atoms. The Hall–Kier alpha value is -3.63. The predicted molar refractivity (Wildman–Crippen MR) is 109 cm³/mol. The number of carbonyl (C=O) groups is 3. The molecular weight excluding hydrogens is 458 g/mol. The van der Waals surface area contributed by atoms with Crippen LogP contribution in [-0.4, -0.2) is 88.6 Å². The zero-order chi connectivity index (χ0) is 25.2. The van der Waals surface area contributed by atoms with Crippen LogP contribution in [0, 0.1) is 0 Å². The fourth-order valence-electron chi connectivity index (χ4n) is 3.48. The van der Waals surface area contributed by atoms with E-state index in [9.17, 15) is 44.7 Å². The molecule has 1 saturated heterocycles. The van der Waals surface area contributed by atoms with Crippen LogP contribution in [0.1, 0.15) is 34.9 Å². The number of rotatable bonds is 9. The fraction of sp³-hybridized carbons (Fsp3) is 0.421. The second kappa shape index (κ2) is 10.1. The van der Waals surface area contributed by atoms with Crippen molar-refractivity contribution in [3.05, 3.63) is 46.4 Å². The lowest BCUT2D eigenvalue weighted by atomic mass is 10.0. The third-order valence-electron chi connectivity index (χ3n) is 5.26. The number of nitrogens with one attached hydrogen (secondary N) is 2. The maximum absolute atomic E-state index is 12.5. The van der Waals surface area contributed by atoms with Crippen LogP contribution < -0.4 is 16.7 Å². The van der Waals surface area contributed by atoms with E-state index in [0.717, 1.165) is 17.0 Å². The maximum atomic E-state index is 12.5. The highest BCUT2D eigenvalue weighted by molar-refractivity contribution is 5.87. The molecule has 1 unspecified atom stereocenters. The molecule has 1 aliphatic rings. The van der Waals surface area contributed by atoms with Gasteiger partial charge in [-0.15, -0.1) is 0 Å². The van der Waals surface area contributed by atoms with Gasteiger partial charge in [-0.25, -0.2) is 9.59 Å². The highest BCUT2D eigenvalue weighted by atomic mass is 16.6. The van der Waals surface area contributed by atoms with Crippen LogP contribution in [0.3, 0.4) is 0 Å². The van der Waals surface area contributed by atoms with Crippen molar-refractivity contribution in [2.75, 3.05) is 0 Å². The highest BCUT2D eigenvalue weighted by Crippen LogP contribution is 2.30. The molecule has 15 heteroatoms. The third-order valence-corrected chi connectivity index (χ3v) is 5.26. The van der Waals surface area contributed by atoms with E-state index < -0.39 is 60.3 Å². The number of ether oxygens (including phenoxy) is 1. The molecule has 1 fully saturated rings. The van der Waals surface area contributed by atoms with Gasteiger partial charge < -0.3 is 46.3 Å². The molecule has 3 heterocycles. The van der Waals surface area contributed by atoms with E-state index in [-0.39, 0.29) is 23.6 Å². The minimum atomic E-state index is -1.89. The van der Waals surface area contributed by atoms with Crippen molar-refractivity contribution in [1.29, 1.82) is 0 Å². The van der Waals surface area contributed by atoms with Crippen molar-refractivity contribution in [2.45, 2.75) is 49.1 Å². The Morgan fingerprint density at radius 2 is 2.03 bits per heavy atom. The molecular formula is C19H23N5O10. The summed E-state index contributed by atoms with van der Waals surface area (Å²) in [4.78, 5) is 53.1. The highest BCUT2D eigenvalue weighted by Gasteiger charge is 2.50. The van der Waals surface area contributed by atoms with E-state index in [0.29, 0.717) is 6.29 Å². The Bertz CT molecular complexity index is 1100. The Balaban J connectivity index is 1.71. The Kier molecular flexibility index (Phi) is 7.43. The SMILES string of the molecule is N[C@H](C[C@H](O)c1ccc(O)cn1)C(=O)NC(C(=O)O)[C@H]1O[C@@H](n2cc(C=O)[nH]c2=O)[C@H](O)[C@@H]1O. The number of aromatic nitrogens is 3. The molecule has 15 nitrogen and oxygen atoms in total. The van der Waals surface area contributed by atoms with Crippen LogP contribution in [0.4, 0.5) is 0 Å². The van der Waals surface area contributed by atoms with Crippen LogP contribution >= 0.6 is 0 Å². The van der Waals surface area contributed by atoms with Crippen molar-refractivity contribution in [3.63, 3.8) is 0 Å². The summed E-state index contributed by atoms with van der Waals surface area (Å²) in [7, 11) is 0. The lowest BCUT2D eigenvalue weighted by Gasteiger charge is -2.25. The molecule has 0 radical (unpaired) electrons. The van der Waals surface area contributed by atoms with Crippen LogP contribution in [0.25, 0.3) is 0 Å². The van der Waals surface area contributed by atoms with Gasteiger partial charge in [-0.3, -0.25) is 19.1 Å². The summed E-state index contributed by atoms with van der Waals surface area (Å²) >= 11 is 0. The van der Waals surface area contributed by atoms with Crippen molar-refractivity contribution in [2.24, 2.45) is 5.73 Å². The number of aliphatic carboxylic acids is 1. The van der Waals surface area contributed by atoms with E-state index >= 15 is 0 Å². The monoisotopic (exact) mass is 481 g/mol. The molecule has 34 heavy (non-hydrogen) atoms. The first-order valence-corrected chi connectivity index (χ1v) is 9.93. The van der Waals surface area contributed by atoms with Crippen molar-refractivity contribution >= 4 is 18.2 Å². The standard InChI is InChI=1S/C19H23N5O10/c20-9(3-11(27)10-2-1-8(26)4-21-10)16(30)23-12(18(31)32)15-13(28)14(29)17(34-15)24-5-7(6-25)22-19(24)33/h1-2,4-6,9,11-15,17,26-29H,3,20H2,(H,22,33)(H,23,30)(H,31,32)/t9-,11+,12?,13+,14-,15-,17-/m1/s1. The van der Waals surface area contributed by atoms with Gasteiger partial charge in [-0.2, -0.15) is 0 Å². The quantitative estimate of drug-likeness (QED) is 0.164. The number of aliphatic hydroxyl groups excluding tert-OH is 3. The van der Waals surface area contributed by atoms with E-state index in [2.05, 4.69) is 15.3 Å². The van der Waals surface area contributed by atoms with Gasteiger partial charge >= 0.3 is 11.7 Å². The Morgan fingerprint density at radius 3 is 2.59 bits per heavy atom. The first-order chi connectivity index (χ1) is 16.0. The molecule has 3 rings (SSSR count). The molecule has 0 bridgehead atoms. The number of carboxylic acids is 1. The largest absolute Gasteiger partial charge is 0.506 e. The van der Waals surface area contributed by atoms with E-state index in [1.165, 1.54) is 12.1 Å². The number of carbonyl (C=O) groups excluding carboxylic acids is 2. The number of H-pyrrole nitrogens is 1. The summed E-state index contributed by atoms with van der Waals surface area (Å²) in [5, 5.41) is 51.8. The summed E-state index contributed by atoms with van der Waals surface area (Å²) < 4.78 is 6.15. The smallest absolute Gasteiger partial charge is 0.329 e. The summed E-state index contributed by atoms with van der Waals surface area (Å²) in [6.07, 6.45) is -6.09. The molecule has 2 aromatic heterocycles. The summed E-state index contributed by atoms with van der Waals surface area (Å²) in [6, 6.07) is -0.716. The number of aromatic hydroxyl groups is 1. The topological polar surface area (TPSA) is 250 Å². The van der Waals surface area contributed by atoms with Crippen molar-refractivity contribution in [3.8, 4) is 5.75 Å². The van der Waals surface area contributed by atoms with Gasteiger partial charge in [-0.1, -0.05) is 0 Å². The van der Waals surface area contributed by atoms with Crippen molar-refractivity contribution < 1.29 is 44.7 Å². The molecule has 2 aromatic rings. The third kappa shape index (κ3) is 5.13. The maximum Gasteiger partial charge on any atom is 0.329 e. The number of imidazole rings is 1. The molecule has 0 saturated carbocycles. The van der Waals surface area contributed by atoms with Crippen LogP contribution in [-0.2, 0) is 14.3 Å². The molecule has 0 aromatic carbocycles. The van der Waals surface area contributed by atoms with Crippen LogP contribution in [0.2, 0.25) is 0 Å². The molecule has 7 atom stereocenters. The second-order valence-corrected chi connectivity index (χ2v) is 7.64. The predicted octanol–water partition coefficient (Wildman–Crippen LogP) is -3.27. The van der Waals surface area contributed by atoms with Crippen LogP contribution in [0.15, 0.2) is 29.3 Å². The number of aliphatic hydroxyl groups is 3. The van der Waals surface area contributed by atoms with E-state index in [4.69, 9.17) is 10.5 Å². The van der Waals surface area contributed by atoms with E-state index in [1.54, 1.807) is 0 Å². The van der Waals surface area contributed by atoms with Crippen LogP contribution in [0.5, 0.6) is 5.75 Å². The summed E-state index contributed by atoms with van der Waals surface area (Å²) in [5.41, 5.74) is 4.89. The van der Waals surface area contributed by atoms with Gasteiger partial charge in [0.1, 0.15) is 24.1 Å². The number of aromatic amines is 1. The molecule has 1 amide bonds. The molecule has 1 aliphatic heterocycles. The minimum Gasteiger partial charge on any atom is -0.506 e. The average molecular weight is 481 g/mol. The van der Waals surface area contributed by atoms with E-state index in [1.807, 2.05) is 0 Å². The first-order valence-electron chi connectivity index (χ1n) is 9.93. The van der Waals surface area contributed by atoms with Gasteiger partial charge in [0.15, 0.2) is 18.6 Å². The van der Waals surface area contributed by atoms with Gasteiger partial charge in [0.2, 0.25) is 5.91 Å². The normalized spacial score (nSPS) is 24.8. The number of hydrogen-bond acceptors (Lipinski definition) is 11. The zero-order valence-electron chi connectivity index (χ0n) is 17.4. The number of amides is 1. The number of nitrogens with zero attached hydrogens (tertiary/aromatic N) is 2. The Labute approximate surface area is 190 Å². The second-order valence-electron chi connectivity index (χ2n) is 7.64. The molecule has 9 N–H and O–H groups in total.